The predicted molar refractivity (Wildman–Crippen MR) is 89.7 cm³/mol. The molecule has 0 unspecified atom stereocenters. The molecule has 0 atom stereocenters. The summed E-state index contributed by atoms with van der Waals surface area (Å²) in [5.74, 6) is -3.44. The van der Waals surface area contributed by atoms with Gasteiger partial charge in [0.2, 0.25) is 5.96 Å². The first-order valence-electron chi connectivity index (χ1n) is 7.93. The van der Waals surface area contributed by atoms with Crippen molar-refractivity contribution in [3.63, 3.8) is 0 Å². The standard InChI is InChI=1S/C13H22N4O3.C2H2O4/c1-12(2,3)20-11(19)15-10-16-13(9(18)17(10)4)5-7-14-8-6-13;3-1(4)2(5)6/h14H,5-8H2,1-4H3,(H,15,16,19);(H,3,4)(H,5,6). The highest BCUT2D eigenvalue weighted by Gasteiger charge is 2.47. The Morgan fingerprint density at radius 2 is 1.69 bits per heavy atom. The van der Waals surface area contributed by atoms with Gasteiger partial charge in [-0.3, -0.25) is 15.0 Å². The largest absolute Gasteiger partial charge is 0.473 e. The number of aliphatic imine (C=N–C) groups is 1. The molecule has 146 valence electrons. The second kappa shape index (κ2) is 8.13. The van der Waals surface area contributed by atoms with Crippen LogP contribution in [0.1, 0.15) is 33.6 Å². The molecule has 0 saturated carbocycles. The summed E-state index contributed by atoms with van der Waals surface area (Å²) < 4.78 is 5.18. The van der Waals surface area contributed by atoms with Gasteiger partial charge in [0.25, 0.3) is 5.91 Å². The fraction of sp³-hybridized carbons (Fsp3) is 0.667. The topological polar surface area (TPSA) is 158 Å². The molecule has 0 aromatic carbocycles. The van der Waals surface area contributed by atoms with Crippen LogP contribution >= 0.6 is 0 Å². The molecule has 0 bridgehead atoms. The summed E-state index contributed by atoms with van der Waals surface area (Å²) in [6.07, 6.45) is 0.701. The monoisotopic (exact) mass is 372 g/mol. The number of alkyl carbamates (subject to hydrolysis) is 1. The van der Waals surface area contributed by atoms with Gasteiger partial charge in [-0.05, 0) is 46.7 Å². The van der Waals surface area contributed by atoms with Crippen LogP contribution in [0.5, 0.6) is 0 Å². The van der Waals surface area contributed by atoms with Gasteiger partial charge in [0.05, 0.1) is 0 Å². The van der Waals surface area contributed by atoms with Crippen LogP contribution in [-0.2, 0) is 19.1 Å². The molecule has 1 fully saturated rings. The van der Waals surface area contributed by atoms with E-state index in [9.17, 15) is 9.59 Å². The zero-order chi connectivity index (χ0) is 20.1. The maximum Gasteiger partial charge on any atom is 0.414 e. The van der Waals surface area contributed by atoms with Crippen LogP contribution in [0.25, 0.3) is 0 Å². The lowest BCUT2D eigenvalue weighted by Crippen LogP contribution is -2.49. The number of ether oxygens (including phenoxy) is 1. The average Bonchev–Trinajstić information content (AvgIpc) is 2.72. The molecular formula is C15H24N4O7. The van der Waals surface area contributed by atoms with Crippen LogP contribution in [0.3, 0.4) is 0 Å². The molecule has 2 aliphatic heterocycles. The van der Waals surface area contributed by atoms with E-state index in [0.29, 0.717) is 12.8 Å². The quantitative estimate of drug-likeness (QED) is 0.419. The fourth-order valence-corrected chi connectivity index (χ4v) is 2.41. The maximum atomic E-state index is 12.4. The van der Waals surface area contributed by atoms with E-state index in [0.717, 1.165) is 13.1 Å². The third-order valence-electron chi connectivity index (χ3n) is 3.57. The van der Waals surface area contributed by atoms with Gasteiger partial charge < -0.3 is 20.3 Å². The Kier molecular flexibility index (Phi) is 6.67. The molecule has 1 saturated heterocycles. The summed E-state index contributed by atoms with van der Waals surface area (Å²) in [5.41, 5.74) is -1.30. The molecule has 1 spiro atoms. The molecule has 0 aliphatic carbocycles. The van der Waals surface area contributed by atoms with Crippen LogP contribution in [0.4, 0.5) is 4.79 Å². The number of carboxylic acid groups (broad SMARTS) is 2. The van der Waals surface area contributed by atoms with Gasteiger partial charge in [-0.1, -0.05) is 0 Å². The molecular weight excluding hydrogens is 348 g/mol. The zero-order valence-electron chi connectivity index (χ0n) is 15.2. The third kappa shape index (κ3) is 5.69. The lowest BCUT2D eigenvalue weighted by atomic mass is 9.89. The predicted octanol–water partition coefficient (Wildman–Crippen LogP) is -0.383. The van der Waals surface area contributed by atoms with Crippen molar-refractivity contribution in [3.05, 3.63) is 0 Å². The zero-order valence-corrected chi connectivity index (χ0v) is 15.2. The highest BCUT2D eigenvalue weighted by Crippen LogP contribution is 2.30. The Labute approximate surface area is 150 Å². The van der Waals surface area contributed by atoms with Gasteiger partial charge in [0, 0.05) is 7.05 Å². The molecule has 0 radical (unpaired) electrons. The summed E-state index contributed by atoms with van der Waals surface area (Å²) in [4.78, 5) is 48.2. The lowest BCUT2D eigenvalue weighted by Gasteiger charge is -2.29. The number of carbonyl (C=O) groups is 4. The minimum absolute atomic E-state index is 0.0648. The number of nitrogens with zero attached hydrogens (tertiary/aromatic N) is 2. The lowest BCUT2D eigenvalue weighted by molar-refractivity contribution is -0.159. The second-order valence-electron chi connectivity index (χ2n) is 6.82. The van der Waals surface area contributed by atoms with E-state index < -0.39 is 29.2 Å². The number of rotatable bonds is 0. The van der Waals surface area contributed by atoms with Gasteiger partial charge in [0.15, 0.2) is 0 Å². The van der Waals surface area contributed by atoms with Crippen LogP contribution < -0.4 is 10.6 Å². The fourth-order valence-electron chi connectivity index (χ4n) is 2.41. The number of carbonyl (C=O) groups excluding carboxylic acids is 2. The van der Waals surface area contributed by atoms with Crippen molar-refractivity contribution in [2.24, 2.45) is 4.99 Å². The van der Waals surface area contributed by atoms with Crippen LogP contribution in [0, 0.1) is 0 Å². The number of amides is 2. The van der Waals surface area contributed by atoms with Gasteiger partial charge in [-0.15, -0.1) is 0 Å². The Morgan fingerprint density at radius 3 is 2.12 bits per heavy atom. The van der Waals surface area contributed by atoms with Gasteiger partial charge in [0.1, 0.15) is 11.1 Å². The van der Waals surface area contributed by atoms with Crippen molar-refractivity contribution in [1.82, 2.24) is 15.5 Å². The van der Waals surface area contributed by atoms with Crippen molar-refractivity contribution in [3.8, 4) is 0 Å². The minimum Gasteiger partial charge on any atom is -0.473 e. The minimum atomic E-state index is -1.82. The molecule has 11 heteroatoms. The molecule has 0 aromatic rings. The van der Waals surface area contributed by atoms with E-state index in [4.69, 9.17) is 24.5 Å². The van der Waals surface area contributed by atoms with Crippen LogP contribution in [-0.4, -0.2) is 76.3 Å². The number of hydrogen-bond acceptors (Lipinski definition) is 7. The Balaban J connectivity index is 0.000000487. The summed E-state index contributed by atoms with van der Waals surface area (Å²) in [5, 5.41) is 20.5. The van der Waals surface area contributed by atoms with Crippen molar-refractivity contribution in [2.75, 3.05) is 20.1 Å². The Morgan fingerprint density at radius 1 is 1.19 bits per heavy atom. The first-order chi connectivity index (χ1) is 11.9. The number of aliphatic carboxylic acids is 2. The maximum absolute atomic E-state index is 12.4. The molecule has 26 heavy (non-hydrogen) atoms. The van der Waals surface area contributed by atoms with E-state index in [2.05, 4.69) is 15.6 Å². The normalized spacial score (nSPS) is 18.5. The SMILES string of the molecule is CN1C(=O)C2(CCNCC2)N=C1NC(=O)OC(C)(C)C.O=C(O)C(=O)O. The first-order valence-corrected chi connectivity index (χ1v) is 7.93. The molecule has 2 amide bonds. The molecule has 0 aromatic heterocycles. The number of hydrogen-bond donors (Lipinski definition) is 4. The molecule has 2 heterocycles. The smallest absolute Gasteiger partial charge is 0.414 e. The van der Waals surface area contributed by atoms with E-state index >= 15 is 0 Å². The van der Waals surface area contributed by atoms with Crippen molar-refractivity contribution >= 4 is 29.9 Å². The summed E-state index contributed by atoms with van der Waals surface area (Å²) in [6.45, 7) is 6.86. The second-order valence-corrected chi connectivity index (χ2v) is 6.82. The summed E-state index contributed by atoms with van der Waals surface area (Å²) in [7, 11) is 1.62. The number of nitrogens with one attached hydrogen (secondary N) is 2. The van der Waals surface area contributed by atoms with Crippen LogP contribution in [0.15, 0.2) is 4.99 Å². The molecule has 2 aliphatic rings. The number of guanidine groups is 1. The van der Waals surface area contributed by atoms with Crippen molar-refractivity contribution in [2.45, 2.75) is 44.8 Å². The first kappa shape index (κ1) is 21.4. The van der Waals surface area contributed by atoms with Gasteiger partial charge in [-0.2, -0.15) is 0 Å². The summed E-state index contributed by atoms with van der Waals surface area (Å²) in [6, 6.07) is 0. The van der Waals surface area contributed by atoms with E-state index in [1.165, 1.54) is 4.90 Å². The highest BCUT2D eigenvalue weighted by atomic mass is 16.6. The van der Waals surface area contributed by atoms with Crippen molar-refractivity contribution < 1.29 is 34.1 Å². The van der Waals surface area contributed by atoms with E-state index in [1.807, 2.05) is 0 Å². The van der Waals surface area contributed by atoms with Gasteiger partial charge >= 0.3 is 18.0 Å². The Bertz CT molecular complexity index is 606. The molecule has 2 rings (SSSR count). The van der Waals surface area contributed by atoms with Gasteiger partial charge in [-0.25, -0.2) is 19.4 Å². The van der Waals surface area contributed by atoms with E-state index in [1.54, 1.807) is 27.8 Å². The third-order valence-corrected chi connectivity index (χ3v) is 3.57. The number of carboxylic acids is 2. The summed E-state index contributed by atoms with van der Waals surface area (Å²) >= 11 is 0. The van der Waals surface area contributed by atoms with Crippen molar-refractivity contribution in [1.29, 1.82) is 0 Å². The molecule has 11 nitrogen and oxygen atoms in total. The van der Waals surface area contributed by atoms with Crippen LogP contribution in [0.2, 0.25) is 0 Å². The number of piperidine rings is 1. The Hall–Kier alpha value is -2.69. The highest BCUT2D eigenvalue weighted by molar-refractivity contribution is 6.27. The molecule has 4 N–H and O–H groups in total. The average molecular weight is 372 g/mol. The number of likely N-dealkylation sites (N-methyl/N-ethyl adjacent to an activating group) is 1. The van der Waals surface area contributed by atoms with E-state index in [-0.39, 0.29) is 11.9 Å².